The number of rotatable bonds is 2. The number of hydrogen-bond acceptors (Lipinski definition) is 4. The van der Waals surface area contributed by atoms with Gasteiger partial charge in [-0.05, 0) is 17.5 Å². The fourth-order valence-corrected chi connectivity index (χ4v) is 1.55. The van der Waals surface area contributed by atoms with Crippen LogP contribution in [0, 0.1) is 0 Å². The van der Waals surface area contributed by atoms with Gasteiger partial charge in [-0.15, -0.1) is 16.4 Å². The summed E-state index contributed by atoms with van der Waals surface area (Å²) >= 11 is 1.62. The summed E-state index contributed by atoms with van der Waals surface area (Å²) in [5.41, 5.74) is 6.21. The van der Waals surface area contributed by atoms with Crippen LogP contribution in [-0.4, -0.2) is 15.0 Å². The molecule has 0 radical (unpaired) electrons. The van der Waals surface area contributed by atoms with Crippen LogP contribution >= 0.6 is 11.3 Å². The molecule has 4 nitrogen and oxygen atoms in total. The van der Waals surface area contributed by atoms with Crippen molar-refractivity contribution in [3.63, 3.8) is 0 Å². The molecule has 0 saturated carbocycles. The lowest BCUT2D eigenvalue weighted by Gasteiger charge is -1.90. The van der Waals surface area contributed by atoms with E-state index in [0.29, 0.717) is 6.54 Å². The van der Waals surface area contributed by atoms with E-state index in [1.54, 1.807) is 16.0 Å². The zero-order valence-electron chi connectivity index (χ0n) is 6.34. The number of aromatic nitrogens is 3. The molecule has 0 aromatic carbocycles. The predicted octanol–water partition coefficient (Wildman–Crippen LogP) is 0.787. The molecule has 0 atom stereocenters. The van der Waals surface area contributed by atoms with Crippen molar-refractivity contribution in [2.45, 2.75) is 6.54 Å². The lowest BCUT2D eigenvalue weighted by molar-refractivity contribution is 0.807. The summed E-state index contributed by atoms with van der Waals surface area (Å²) in [5, 5.41) is 10.9. The van der Waals surface area contributed by atoms with Crippen LogP contribution in [0.15, 0.2) is 23.7 Å². The molecule has 0 spiro atoms. The van der Waals surface area contributed by atoms with Gasteiger partial charge in [0.15, 0.2) is 0 Å². The molecule has 5 heteroatoms. The van der Waals surface area contributed by atoms with Gasteiger partial charge < -0.3 is 5.73 Å². The van der Waals surface area contributed by atoms with E-state index in [4.69, 9.17) is 5.73 Å². The molecule has 0 fully saturated rings. The minimum absolute atomic E-state index is 0.436. The Labute approximate surface area is 73.6 Å². The van der Waals surface area contributed by atoms with Crippen molar-refractivity contribution >= 4 is 11.3 Å². The Morgan fingerprint density at radius 3 is 3.08 bits per heavy atom. The number of hydrogen-bond donors (Lipinski definition) is 1. The molecule has 0 unspecified atom stereocenters. The highest BCUT2D eigenvalue weighted by Crippen LogP contribution is 2.12. The molecule has 2 aromatic rings. The molecular weight excluding hydrogens is 172 g/mol. The van der Waals surface area contributed by atoms with E-state index in [-0.39, 0.29) is 0 Å². The highest BCUT2D eigenvalue weighted by molar-refractivity contribution is 7.12. The van der Waals surface area contributed by atoms with E-state index < -0.39 is 0 Å². The van der Waals surface area contributed by atoms with Gasteiger partial charge in [-0.25, -0.2) is 4.68 Å². The van der Waals surface area contributed by atoms with Crippen molar-refractivity contribution < 1.29 is 0 Å². The summed E-state index contributed by atoms with van der Waals surface area (Å²) < 4.78 is 1.73. The van der Waals surface area contributed by atoms with Gasteiger partial charge in [0.1, 0.15) is 5.00 Å². The van der Waals surface area contributed by atoms with Gasteiger partial charge in [0.25, 0.3) is 0 Å². The van der Waals surface area contributed by atoms with E-state index >= 15 is 0 Å². The maximum absolute atomic E-state index is 5.40. The summed E-state index contributed by atoms with van der Waals surface area (Å²) in [7, 11) is 0. The number of thiophene rings is 1. The summed E-state index contributed by atoms with van der Waals surface area (Å²) in [6.45, 7) is 0.436. The van der Waals surface area contributed by atoms with Gasteiger partial charge in [-0.2, -0.15) is 0 Å². The van der Waals surface area contributed by atoms with Crippen LogP contribution in [0.1, 0.15) is 5.69 Å². The average molecular weight is 180 g/mol. The molecule has 2 heterocycles. The van der Waals surface area contributed by atoms with Crippen LogP contribution in [0.25, 0.3) is 5.00 Å². The van der Waals surface area contributed by atoms with E-state index in [1.807, 2.05) is 23.7 Å². The van der Waals surface area contributed by atoms with E-state index in [0.717, 1.165) is 10.7 Å². The van der Waals surface area contributed by atoms with Crippen molar-refractivity contribution in [1.82, 2.24) is 15.0 Å². The minimum Gasteiger partial charge on any atom is -0.325 e. The first-order valence-electron chi connectivity index (χ1n) is 3.55. The Bertz CT molecular complexity index is 351. The van der Waals surface area contributed by atoms with Crippen LogP contribution in [-0.2, 0) is 6.54 Å². The first-order chi connectivity index (χ1) is 5.90. The largest absolute Gasteiger partial charge is 0.325 e. The van der Waals surface area contributed by atoms with Crippen molar-refractivity contribution in [2.75, 3.05) is 0 Å². The second kappa shape index (κ2) is 3.04. The predicted molar refractivity (Wildman–Crippen MR) is 47.1 cm³/mol. The molecule has 2 aromatic heterocycles. The van der Waals surface area contributed by atoms with Gasteiger partial charge in [0, 0.05) is 6.54 Å². The topological polar surface area (TPSA) is 56.7 Å². The first kappa shape index (κ1) is 7.45. The third-order valence-electron chi connectivity index (χ3n) is 1.48. The van der Waals surface area contributed by atoms with Crippen molar-refractivity contribution in [1.29, 1.82) is 0 Å². The summed E-state index contributed by atoms with van der Waals surface area (Å²) in [6.07, 6.45) is 1.84. The summed E-state index contributed by atoms with van der Waals surface area (Å²) in [6, 6.07) is 3.96. The third kappa shape index (κ3) is 1.24. The Balaban J connectivity index is 2.35. The molecule has 0 saturated heterocycles. The smallest absolute Gasteiger partial charge is 0.119 e. The van der Waals surface area contributed by atoms with Crippen molar-refractivity contribution in [3.8, 4) is 5.00 Å². The normalized spacial score (nSPS) is 10.4. The molecule has 62 valence electrons. The van der Waals surface area contributed by atoms with Gasteiger partial charge >= 0.3 is 0 Å². The fraction of sp³-hybridized carbons (Fsp3) is 0.143. The minimum atomic E-state index is 0.436. The second-order valence-electron chi connectivity index (χ2n) is 2.31. The highest BCUT2D eigenvalue weighted by Gasteiger charge is 2.00. The van der Waals surface area contributed by atoms with Gasteiger partial charge in [0.05, 0.1) is 11.9 Å². The molecule has 0 aliphatic rings. The van der Waals surface area contributed by atoms with Crippen molar-refractivity contribution in [2.24, 2.45) is 5.73 Å². The molecule has 2 N–H and O–H groups in total. The van der Waals surface area contributed by atoms with Gasteiger partial charge in [-0.1, -0.05) is 5.21 Å². The average Bonchev–Trinajstić information content (AvgIpc) is 2.75. The molecular formula is C7H8N4S. The molecule has 0 aliphatic carbocycles. The molecule has 2 rings (SSSR count). The van der Waals surface area contributed by atoms with E-state index in [2.05, 4.69) is 10.3 Å². The molecule has 12 heavy (non-hydrogen) atoms. The lowest BCUT2D eigenvalue weighted by atomic mass is 10.5. The Kier molecular flexibility index (Phi) is 1.89. The Hall–Kier alpha value is -1.20. The van der Waals surface area contributed by atoms with Crippen LogP contribution in [0.5, 0.6) is 0 Å². The van der Waals surface area contributed by atoms with Crippen LogP contribution in [0.3, 0.4) is 0 Å². The summed E-state index contributed by atoms with van der Waals surface area (Å²) in [5.74, 6) is 0. The van der Waals surface area contributed by atoms with Crippen LogP contribution in [0.4, 0.5) is 0 Å². The highest BCUT2D eigenvalue weighted by atomic mass is 32.1. The second-order valence-corrected chi connectivity index (χ2v) is 3.24. The first-order valence-corrected chi connectivity index (χ1v) is 4.43. The van der Waals surface area contributed by atoms with Crippen LogP contribution in [0.2, 0.25) is 0 Å². The Morgan fingerprint density at radius 2 is 2.50 bits per heavy atom. The Morgan fingerprint density at radius 1 is 1.58 bits per heavy atom. The SMILES string of the molecule is NCc1cn(-c2cccs2)nn1. The zero-order valence-corrected chi connectivity index (χ0v) is 7.16. The van der Waals surface area contributed by atoms with Gasteiger partial charge in [-0.3, -0.25) is 0 Å². The van der Waals surface area contributed by atoms with Crippen molar-refractivity contribution in [3.05, 3.63) is 29.4 Å². The lowest BCUT2D eigenvalue weighted by Crippen LogP contribution is -1.95. The quantitative estimate of drug-likeness (QED) is 0.743. The van der Waals surface area contributed by atoms with Crippen LogP contribution < -0.4 is 5.73 Å². The number of nitrogens with zero attached hydrogens (tertiary/aromatic N) is 3. The maximum Gasteiger partial charge on any atom is 0.119 e. The standard InChI is InChI=1S/C7H8N4S/c8-4-6-5-11(10-9-6)7-2-1-3-12-7/h1-3,5H,4,8H2. The van der Waals surface area contributed by atoms with E-state index in [9.17, 15) is 0 Å². The molecule has 0 bridgehead atoms. The third-order valence-corrected chi connectivity index (χ3v) is 2.34. The summed E-state index contributed by atoms with van der Waals surface area (Å²) in [4.78, 5) is 0. The molecule has 0 amide bonds. The fourth-order valence-electron chi connectivity index (χ4n) is 0.900. The zero-order chi connectivity index (χ0) is 8.39. The maximum atomic E-state index is 5.40. The van der Waals surface area contributed by atoms with E-state index in [1.165, 1.54) is 0 Å². The monoisotopic (exact) mass is 180 g/mol. The van der Waals surface area contributed by atoms with Gasteiger partial charge in [0.2, 0.25) is 0 Å². The molecule has 0 aliphatic heterocycles. The number of nitrogens with two attached hydrogens (primary N) is 1.